The van der Waals surface area contributed by atoms with Crippen LogP contribution in [-0.2, 0) is 17.8 Å². The van der Waals surface area contributed by atoms with E-state index in [1.165, 1.54) is 11.1 Å². The number of hydrogen-bond donors (Lipinski definition) is 0. The van der Waals surface area contributed by atoms with Crippen molar-refractivity contribution in [3.8, 4) is 0 Å². The molecule has 1 saturated heterocycles. The van der Waals surface area contributed by atoms with Crippen LogP contribution in [0.4, 0.5) is 0 Å². The Morgan fingerprint density at radius 1 is 1.23 bits per heavy atom. The second kappa shape index (κ2) is 8.04. The van der Waals surface area contributed by atoms with Crippen molar-refractivity contribution in [1.82, 2.24) is 19.4 Å². The number of amides is 1. The summed E-state index contributed by atoms with van der Waals surface area (Å²) in [6.07, 6.45) is 5.20. The summed E-state index contributed by atoms with van der Waals surface area (Å²) in [5, 5.41) is 0. The van der Waals surface area contributed by atoms with Gasteiger partial charge in [0.25, 0.3) is 0 Å². The van der Waals surface area contributed by atoms with E-state index in [-0.39, 0.29) is 5.91 Å². The molecule has 5 heteroatoms. The quantitative estimate of drug-likeness (QED) is 0.801. The zero-order valence-corrected chi connectivity index (χ0v) is 16.4. The highest BCUT2D eigenvalue weighted by molar-refractivity contribution is 5.76. The molecule has 0 bridgehead atoms. The van der Waals surface area contributed by atoms with Gasteiger partial charge in [0.1, 0.15) is 5.82 Å². The van der Waals surface area contributed by atoms with Crippen molar-refractivity contribution < 1.29 is 4.79 Å². The zero-order chi connectivity index (χ0) is 18.7. The van der Waals surface area contributed by atoms with E-state index in [9.17, 15) is 4.79 Å². The van der Waals surface area contributed by atoms with Crippen molar-refractivity contribution in [3.05, 3.63) is 53.6 Å². The minimum atomic E-state index is 0.238. The molecule has 0 radical (unpaired) electrons. The molecule has 2 atom stereocenters. The van der Waals surface area contributed by atoms with Crippen LogP contribution >= 0.6 is 0 Å². The number of hydrogen-bond acceptors (Lipinski definition) is 3. The fourth-order valence-electron chi connectivity index (χ4n) is 3.89. The molecular weight excluding hydrogens is 324 g/mol. The number of carbonyl (C=O) groups excluding carboxylic acids is 1. The van der Waals surface area contributed by atoms with E-state index >= 15 is 0 Å². The lowest BCUT2D eigenvalue weighted by atomic mass is 9.93. The molecule has 0 saturated carbocycles. The van der Waals surface area contributed by atoms with E-state index in [0.717, 1.165) is 25.3 Å². The third-order valence-corrected chi connectivity index (χ3v) is 5.49. The second-order valence-electron chi connectivity index (χ2n) is 7.49. The predicted molar refractivity (Wildman–Crippen MR) is 104 cm³/mol. The van der Waals surface area contributed by atoms with Crippen molar-refractivity contribution in [2.24, 2.45) is 0 Å². The SMILES string of the molecule is CCc1nccn1CCC(=O)N1C[C@@H](N(C)C)[C@H](c2ccc(C)cc2)C1. The second-order valence-corrected chi connectivity index (χ2v) is 7.49. The fraction of sp³-hybridized carbons (Fsp3) is 0.524. The number of imidazole rings is 1. The van der Waals surface area contributed by atoms with Gasteiger partial charge in [-0.1, -0.05) is 36.8 Å². The molecule has 1 aliphatic heterocycles. The van der Waals surface area contributed by atoms with Crippen LogP contribution in [0.5, 0.6) is 0 Å². The van der Waals surface area contributed by atoms with Gasteiger partial charge >= 0.3 is 0 Å². The van der Waals surface area contributed by atoms with Crippen LogP contribution in [0.3, 0.4) is 0 Å². The summed E-state index contributed by atoms with van der Waals surface area (Å²) in [4.78, 5) is 21.4. The number of carbonyl (C=O) groups is 1. The van der Waals surface area contributed by atoms with Crippen molar-refractivity contribution in [1.29, 1.82) is 0 Å². The molecule has 1 aromatic heterocycles. The van der Waals surface area contributed by atoms with Gasteiger partial charge in [-0.15, -0.1) is 0 Å². The number of rotatable bonds is 6. The lowest BCUT2D eigenvalue weighted by Crippen LogP contribution is -2.36. The molecule has 0 aliphatic carbocycles. The van der Waals surface area contributed by atoms with Crippen LogP contribution in [0.1, 0.15) is 36.2 Å². The Hall–Kier alpha value is -2.14. The maximum atomic E-state index is 12.8. The standard InChI is InChI=1S/C21H30N4O/c1-5-20-22-11-13-24(20)12-10-21(26)25-14-18(19(15-25)23(3)4)17-8-6-16(2)7-9-17/h6-9,11,13,18-19H,5,10,12,14-15H2,1-4H3/t18-,19+/m0/s1. The fourth-order valence-corrected chi connectivity index (χ4v) is 3.89. The summed E-state index contributed by atoms with van der Waals surface area (Å²) in [6.45, 7) is 6.51. The first-order valence-corrected chi connectivity index (χ1v) is 9.50. The molecule has 2 aromatic rings. The molecule has 1 amide bonds. The molecule has 3 rings (SSSR count). The van der Waals surface area contributed by atoms with Crippen LogP contribution in [0.2, 0.25) is 0 Å². The van der Waals surface area contributed by atoms with E-state index in [0.29, 0.717) is 24.9 Å². The number of aryl methyl sites for hydroxylation is 3. The molecule has 1 fully saturated rings. The molecule has 140 valence electrons. The van der Waals surface area contributed by atoms with Crippen LogP contribution in [0, 0.1) is 6.92 Å². The number of aromatic nitrogens is 2. The van der Waals surface area contributed by atoms with Gasteiger partial charge in [0, 0.05) is 56.8 Å². The van der Waals surface area contributed by atoms with Gasteiger partial charge in [0.15, 0.2) is 0 Å². The smallest absolute Gasteiger partial charge is 0.224 e. The first kappa shape index (κ1) is 18.6. The first-order valence-electron chi connectivity index (χ1n) is 9.50. The summed E-state index contributed by atoms with van der Waals surface area (Å²) in [6, 6.07) is 9.11. The highest BCUT2D eigenvalue weighted by Gasteiger charge is 2.37. The van der Waals surface area contributed by atoms with Crippen LogP contribution < -0.4 is 0 Å². The highest BCUT2D eigenvalue weighted by Crippen LogP contribution is 2.30. The average Bonchev–Trinajstić information content (AvgIpc) is 3.27. The average molecular weight is 354 g/mol. The Labute approximate surface area is 156 Å². The summed E-state index contributed by atoms with van der Waals surface area (Å²) in [5.41, 5.74) is 2.60. The van der Waals surface area contributed by atoms with Gasteiger partial charge in [-0.05, 0) is 26.6 Å². The monoisotopic (exact) mass is 354 g/mol. The number of likely N-dealkylation sites (N-methyl/N-ethyl adjacent to an activating group) is 1. The van der Waals surface area contributed by atoms with E-state index in [1.807, 2.05) is 17.3 Å². The molecule has 1 aliphatic rings. The third-order valence-electron chi connectivity index (χ3n) is 5.49. The van der Waals surface area contributed by atoms with Crippen molar-refractivity contribution in [2.45, 2.75) is 45.2 Å². The van der Waals surface area contributed by atoms with Crippen molar-refractivity contribution in [3.63, 3.8) is 0 Å². The number of likely N-dealkylation sites (tertiary alicyclic amines) is 1. The molecule has 5 nitrogen and oxygen atoms in total. The summed E-state index contributed by atoms with van der Waals surface area (Å²) >= 11 is 0. The maximum absolute atomic E-state index is 12.8. The lowest BCUT2D eigenvalue weighted by Gasteiger charge is -2.25. The van der Waals surface area contributed by atoms with Crippen molar-refractivity contribution in [2.75, 3.05) is 27.2 Å². The van der Waals surface area contributed by atoms with E-state index < -0.39 is 0 Å². The third kappa shape index (κ3) is 3.98. The first-order chi connectivity index (χ1) is 12.5. The summed E-state index contributed by atoms with van der Waals surface area (Å²) in [5.74, 6) is 1.65. The Morgan fingerprint density at radius 3 is 2.62 bits per heavy atom. The largest absolute Gasteiger partial charge is 0.340 e. The number of nitrogens with zero attached hydrogens (tertiary/aromatic N) is 4. The summed E-state index contributed by atoms with van der Waals surface area (Å²) in [7, 11) is 4.22. The normalized spacial score (nSPS) is 20.1. The van der Waals surface area contributed by atoms with Gasteiger partial charge in [0.2, 0.25) is 5.91 Å². The minimum Gasteiger partial charge on any atom is -0.340 e. The van der Waals surface area contributed by atoms with Crippen molar-refractivity contribution >= 4 is 5.91 Å². The molecule has 0 unspecified atom stereocenters. The zero-order valence-electron chi connectivity index (χ0n) is 16.4. The van der Waals surface area contributed by atoms with Gasteiger partial charge < -0.3 is 14.4 Å². The highest BCUT2D eigenvalue weighted by atomic mass is 16.2. The lowest BCUT2D eigenvalue weighted by molar-refractivity contribution is -0.130. The van der Waals surface area contributed by atoms with Gasteiger partial charge in [-0.3, -0.25) is 4.79 Å². The minimum absolute atomic E-state index is 0.238. The molecule has 0 spiro atoms. The van der Waals surface area contributed by atoms with Gasteiger partial charge in [-0.25, -0.2) is 4.98 Å². The maximum Gasteiger partial charge on any atom is 0.224 e. The van der Waals surface area contributed by atoms with E-state index in [2.05, 4.69) is 66.7 Å². The molecule has 0 N–H and O–H groups in total. The molecule has 26 heavy (non-hydrogen) atoms. The Kier molecular flexibility index (Phi) is 5.77. The topological polar surface area (TPSA) is 41.4 Å². The van der Waals surface area contributed by atoms with Gasteiger partial charge in [-0.2, -0.15) is 0 Å². The van der Waals surface area contributed by atoms with Crippen LogP contribution in [0.15, 0.2) is 36.7 Å². The predicted octanol–water partition coefficient (Wildman–Crippen LogP) is 2.70. The van der Waals surface area contributed by atoms with Crippen LogP contribution in [-0.4, -0.2) is 58.5 Å². The Morgan fingerprint density at radius 2 is 1.96 bits per heavy atom. The molecular formula is C21H30N4O. The van der Waals surface area contributed by atoms with Gasteiger partial charge in [0.05, 0.1) is 0 Å². The van der Waals surface area contributed by atoms with E-state index in [4.69, 9.17) is 0 Å². The Balaban J connectivity index is 1.66. The molecule has 1 aromatic carbocycles. The summed E-state index contributed by atoms with van der Waals surface area (Å²) < 4.78 is 2.09. The molecule has 2 heterocycles. The Bertz CT molecular complexity index is 735. The van der Waals surface area contributed by atoms with E-state index in [1.54, 1.807) is 0 Å². The van der Waals surface area contributed by atoms with Crippen LogP contribution in [0.25, 0.3) is 0 Å². The number of benzene rings is 1.